The first-order valence-electron chi connectivity index (χ1n) is 6.99. The molecule has 2 heterocycles. The number of benzene rings is 1. The number of aryl methyl sites for hydroxylation is 1. The molecule has 1 aliphatic rings. The zero-order valence-electron chi connectivity index (χ0n) is 11.9. The summed E-state index contributed by atoms with van der Waals surface area (Å²) in [4.78, 5) is 4.25. The van der Waals surface area contributed by atoms with Crippen molar-refractivity contribution in [2.45, 2.75) is 25.8 Å². The minimum atomic E-state index is 0.0139. The van der Waals surface area contributed by atoms with Gasteiger partial charge in [0.05, 0.1) is 12.6 Å². The number of aromatic nitrogens is 1. The number of halogens is 1. The highest BCUT2D eigenvalue weighted by Gasteiger charge is 2.20. The lowest BCUT2D eigenvalue weighted by Crippen LogP contribution is -2.29. The van der Waals surface area contributed by atoms with Gasteiger partial charge < -0.3 is 4.74 Å². The second kappa shape index (κ2) is 6.13. The number of fused-ring (bicyclic) bond motifs is 1. The fourth-order valence-corrected chi connectivity index (χ4v) is 3.31. The van der Waals surface area contributed by atoms with Gasteiger partial charge in [-0.05, 0) is 47.7 Å². The largest absolute Gasteiger partial charge is 0.493 e. The van der Waals surface area contributed by atoms with Crippen LogP contribution in [0.4, 0.5) is 0 Å². The second-order valence-electron chi connectivity index (χ2n) is 5.37. The van der Waals surface area contributed by atoms with E-state index in [1.807, 2.05) is 19.3 Å². The average molecular weight is 348 g/mol. The molecule has 0 saturated carbocycles. The topological polar surface area (TPSA) is 60.2 Å². The molecule has 1 unspecified atom stereocenters. The van der Waals surface area contributed by atoms with Gasteiger partial charge >= 0.3 is 0 Å². The molecular formula is C16H18BrN3O. The van der Waals surface area contributed by atoms with Crippen LogP contribution in [0.2, 0.25) is 0 Å². The summed E-state index contributed by atoms with van der Waals surface area (Å²) in [6.07, 6.45) is 5.44. The first-order valence-corrected chi connectivity index (χ1v) is 7.78. The minimum absolute atomic E-state index is 0.0139. The summed E-state index contributed by atoms with van der Waals surface area (Å²) in [5, 5.41) is 0. The number of hydrogen-bond donors (Lipinski definition) is 2. The van der Waals surface area contributed by atoms with E-state index < -0.39 is 0 Å². The Morgan fingerprint density at radius 1 is 1.38 bits per heavy atom. The average Bonchev–Trinajstić information content (AvgIpc) is 2.92. The molecular weight excluding hydrogens is 330 g/mol. The lowest BCUT2D eigenvalue weighted by atomic mass is 9.97. The van der Waals surface area contributed by atoms with Gasteiger partial charge in [-0.3, -0.25) is 16.3 Å². The first-order chi connectivity index (χ1) is 10.2. The minimum Gasteiger partial charge on any atom is -0.493 e. The van der Waals surface area contributed by atoms with Crippen molar-refractivity contribution in [1.82, 2.24) is 10.4 Å². The summed E-state index contributed by atoms with van der Waals surface area (Å²) in [5.41, 5.74) is 7.54. The zero-order chi connectivity index (χ0) is 14.8. The maximum absolute atomic E-state index is 5.78. The van der Waals surface area contributed by atoms with E-state index in [-0.39, 0.29) is 6.04 Å². The molecule has 1 atom stereocenters. The van der Waals surface area contributed by atoms with Gasteiger partial charge in [0.25, 0.3) is 0 Å². The predicted molar refractivity (Wildman–Crippen MR) is 86.1 cm³/mol. The van der Waals surface area contributed by atoms with Crippen molar-refractivity contribution in [3.63, 3.8) is 0 Å². The summed E-state index contributed by atoms with van der Waals surface area (Å²) < 4.78 is 6.87. The van der Waals surface area contributed by atoms with Crippen molar-refractivity contribution in [2.24, 2.45) is 5.84 Å². The van der Waals surface area contributed by atoms with Crippen molar-refractivity contribution < 1.29 is 4.74 Å². The normalized spacial score (nSPS) is 14.6. The highest BCUT2D eigenvalue weighted by molar-refractivity contribution is 9.10. The monoisotopic (exact) mass is 347 g/mol. The van der Waals surface area contributed by atoms with E-state index in [2.05, 4.69) is 44.5 Å². The third kappa shape index (κ3) is 3.10. The third-order valence-electron chi connectivity index (χ3n) is 3.75. The highest BCUT2D eigenvalue weighted by atomic mass is 79.9. The Bertz CT molecular complexity index is 660. The second-order valence-corrected chi connectivity index (χ2v) is 6.29. The van der Waals surface area contributed by atoms with Gasteiger partial charge in [0.15, 0.2) is 0 Å². The SMILES string of the molecule is Cc1cncc(C(Cc2cc(Br)cc3c2OCC3)NN)c1. The number of nitrogens with zero attached hydrogens (tertiary/aromatic N) is 1. The Morgan fingerprint density at radius 2 is 2.24 bits per heavy atom. The van der Waals surface area contributed by atoms with Gasteiger partial charge in [-0.2, -0.15) is 0 Å². The van der Waals surface area contributed by atoms with E-state index in [1.165, 1.54) is 11.1 Å². The van der Waals surface area contributed by atoms with E-state index in [9.17, 15) is 0 Å². The number of rotatable bonds is 4. The summed E-state index contributed by atoms with van der Waals surface area (Å²) >= 11 is 3.58. The quantitative estimate of drug-likeness (QED) is 0.659. The molecule has 1 aromatic carbocycles. The fourth-order valence-electron chi connectivity index (χ4n) is 2.76. The van der Waals surface area contributed by atoms with Crippen LogP contribution in [-0.4, -0.2) is 11.6 Å². The Labute approximate surface area is 132 Å². The summed E-state index contributed by atoms with van der Waals surface area (Å²) in [7, 11) is 0. The lowest BCUT2D eigenvalue weighted by Gasteiger charge is -2.18. The predicted octanol–water partition coefficient (Wildman–Crippen LogP) is 2.83. The molecule has 1 aliphatic heterocycles. The van der Waals surface area contributed by atoms with Crippen LogP contribution in [0.5, 0.6) is 5.75 Å². The van der Waals surface area contributed by atoms with Crippen LogP contribution >= 0.6 is 15.9 Å². The molecule has 0 amide bonds. The highest BCUT2D eigenvalue weighted by Crippen LogP contribution is 2.35. The maximum Gasteiger partial charge on any atom is 0.125 e. The molecule has 1 aromatic heterocycles. The Balaban J connectivity index is 1.91. The van der Waals surface area contributed by atoms with Gasteiger partial charge in [-0.25, -0.2) is 0 Å². The molecule has 5 heteroatoms. The zero-order valence-corrected chi connectivity index (χ0v) is 13.5. The smallest absolute Gasteiger partial charge is 0.125 e. The molecule has 0 aliphatic carbocycles. The van der Waals surface area contributed by atoms with E-state index in [1.54, 1.807) is 0 Å². The maximum atomic E-state index is 5.78. The van der Waals surface area contributed by atoms with E-state index in [0.29, 0.717) is 0 Å². The Kier molecular flexibility index (Phi) is 4.24. The summed E-state index contributed by atoms with van der Waals surface area (Å²) in [6, 6.07) is 6.36. The van der Waals surface area contributed by atoms with E-state index in [0.717, 1.165) is 40.8 Å². The molecule has 0 bridgehead atoms. The standard InChI is InChI=1S/C16H18BrN3O/c1-10-4-13(9-19-8-10)15(20-18)7-12-6-14(17)5-11-2-3-21-16(11)12/h4-6,8-9,15,20H,2-3,7,18H2,1H3. The third-order valence-corrected chi connectivity index (χ3v) is 4.21. The van der Waals surface area contributed by atoms with Crippen LogP contribution < -0.4 is 16.0 Å². The molecule has 110 valence electrons. The molecule has 21 heavy (non-hydrogen) atoms. The van der Waals surface area contributed by atoms with Gasteiger partial charge in [-0.15, -0.1) is 0 Å². The molecule has 0 fully saturated rings. The lowest BCUT2D eigenvalue weighted by molar-refractivity contribution is 0.351. The van der Waals surface area contributed by atoms with Crippen LogP contribution in [0.1, 0.15) is 28.3 Å². The van der Waals surface area contributed by atoms with Crippen molar-refractivity contribution >= 4 is 15.9 Å². The number of hydrazine groups is 1. The number of hydrogen-bond acceptors (Lipinski definition) is 4. The number of pyridine rings is 1. The van der Waals surface area contributed by atoms with Crippen molar-refractivity contribution in [2.75, 3.05) is 6.61 Å². The van der Waals surface area contributed by atoms with Gasteiger partial charge in [0, 0.05) is 23.3 Å². The van der Waals surface area contributed by atoms with Crippen molar-refractivity contribution in [3.8, 4) is 5.75 Å². The molecule has 4 nitrogen and oxygen atoms in total. The molecule has 0 radical (unpaired) electrons. The molecule has 0 spiro atoms. The van der Waals surface area contributed by atoms with E-state index >= 15 is 0 Å². The Morgan fingerprint density at radius 3 is 3.00 bits per heavy atom. The molecule has 2 aromatic rings. The number of nitrogens with two attached hydrogens (primary N) is 1. The van der Waals surface area contributed by atoms with Crippen LogP contribution in [-0.2, 0) is 12.8 Å². The van der Waals surface area contributed by atoms with Crippen LogP contribution in [0.3, 0.4) is 0 Å². The molecule has 0 saturated heterocycles. The number of nitrogens with one attached hydrogen (secondary N) is 1. The van der Waals surface area contributed by atoms with Crippen LogP contribution in [0.15, 0.2) is 35.1 Å². The van der Waals surface area contributed by atoms with Crippen LogP contribution in [0, 0.1) is 6.92 Å². The van der Waals surface area contributed by atoms with Gasteiger partial charge in [0.2, 0.25) is 0 Å². The number of ether oxygens (including phenoxy) is 1. The van der Waals surface area contributed by atoms with Crippen molar-refractivity contribution in [1.29, 1.82) is 0 Å². The van der Waals surface area contributed by atoms with Gasteiger partial charge in [0.1, 0.15) is 5.75 Å². The van der Waals surface area contributed by atoms with E-state index in [4.69, 9.17) is 10.6 Å². The first kappa shape index (κ1) is 14.5. The summed E-state index contributed by atoms with van der Waals surface area (Å²) in [5.74, 6) is 6.77. The van der Waals surface area contributed by atoms with Crippen molar-refractivity contribution in [3.05, 3.63) is 57.3 Å². The van der Waals surface area contributed by atoms with Gasteiger partial charge in [-0.1, -0.05) is 22.0 Å². The fraction of sp³-hybridized carbons (Fsp3) is 0.312. The van der Waals surface area contributed by atoms with Crippen LogP contribution in [0.25, 0.3) is 0 Å². The summed E-state index contributed by atoms with van der Waals surface area (Å²) in [6.45, 7) is 2.79. The molecule has 3 N–H and O–H groups in total. The Hall–Kier alpha value is -1.43. The molecule has 3 rings (SSSR count).